The molecule has 10 heteroatoms. The lowest BCUT2D eigenvalue weighted by molar-refractivity contribution is -0.527. The number of amides is 3. The first-order valence-corrected chi connectivity index (χ1v) is 9.33. The molecule has 1 aromatic rings. The first kappa shape index (κ1) is 18.4. The molecule has 146 valence electrons. The molecule has 1 fully saturated rings. The second-order valence-electron chi connectivity index (χ2n) is 6.93. The highest BCUT2D eigenvalue weighted by Crippen LogP contribution is 2.22. The van der Waals surface area contributed by atoms with Gasteiger partial charge in [0.1, 0.15) is 13.1 Å². The van der Waals surface area contributed by atoms with E-state index in [4.69, 9.17) is 11.6 Å². The highest BCUT2D eigenvalue weighted by atomic mass is 35.5. The Morgan fingerprint density at radius 3 is 2.64 bits per heavy atom. The number of hydrogen-bond acceptors (Lipinski definition) is 6. The lowest BCUT2D eigenvalue weighted by Crippen LogP contribution is -2.62. The summed E-state index contributed by atoms with van der Waals surface area (Å²) < 4.78 is 1.90. The van der Waals surface area contributed by atoms with Crippen LogP contribution in [0.15, 0.2) is 34.4 Å². The van der Waals surface area contributed by atoms with E-state index >= 15 is 0 Å². The lowest BCUT2D eigenvalue weighted by Gasteiger charge is -2.32. The fraction of sp³-hybridized carbons (Fsp3) is 0.389. The molecule has 3 heterocycles. The van der Waals surface area contributed by atoms with Crippen molar-refractivity contribution in [3.05, 3.63) is 29.3 Å². The minimum absolute atomic E-state index is 0.272. The van der Waals surface area contributed by atoms with Crippen molar-refractivity contribution >= 4 is 46.7 Å². The zero-order valence-corrected chi connectivity index (χ0v) is 16.6. The number of imide groups is 1. The number of carbonyl (C=O) groups excluding carboxylic acids is 2. The highest BCUT2D eigenvalue weighted by molar-refractivity contribution is 6.30. The van der Waals surface area contributed by atoms with Gasteiger partial charge in [-0.3, -0.25) is 14.6 Å². The number of rotatable bonds is 4. The molecule has 0 radical (unpaired) electrons. The molecular formula is C18H21ClN7O2+. The third kappa shape index (κ3) is 3.01. The second kappa shape index (κ2) is 6.90. The van der Waals surface area contributed by atoms with Crippen molar-refractivity contribution in [3.63, 3.8) is 0 Å². The van der Waals surface area contributed by atoms with E-state index in [1.807, 2.05) is 35.8 Å². The van der Waals surface area contributed by atoms with Crippen LogP contribution >= 0.6 is 11.6 Å². The summed E-state index contributed by atoms with van der Waals surface area (Å²) in [6, 6.07) is 6.49. The van der Waals surface area contributed by atoms with E-state index in [0.717, 1.165) is 16.3 Å². The van der Waals surface area contributed by atoms with Crippen LogP contribution in [0.4, 0.5) is 10.5 Å². The third-order valence-corrected chi connectivity index (χ3v) is 5.18. The van der Waals surface area contributed by atoms with E-state index in [1.54, 1.807) is 12.1 Å². The highest BCUT2D eigenvalue weighted by Gasteiger charge is 2.53. The fourth-order valence-electron chi connectivity index (χ4n) is 3.51. The number of nitrogens with zero attached hydrogens (tertiary/aromatic N) is 6. The van der Waals surface area contributed by atoms with Crippen LogP contribution in [0.2, 0.25) is 5.02 Å². The van der Waals surface area contributed by atoms with Crippen molar-refractivity contribution in [1.82, 2.24) is 14.8 Å². The average Bonchev–Trinajstić information content (AvgIpc) is 3.06. The Balaban J connectivity index is 1.54. The van der Waals surface area contributed by atoms with Gasteiger partial charge in [0.2, 0.25) is 11.9 Å². The van der Waals surface area contributed by atoms with Crippen molar-refractivity contribution in [1.29, 1.82) is 0 Å². The minimum atomic E-state index is -0.597. The predicted molar refractivity (Wildman–Crippen MR) is 107 cm³/mol. The molecule has 1 atom stereocenters. The summed E-state index contributed by atoms with van der Waals surface area (Å²) in [5.41, 5.74) is 1.83. The third-order valence-electron chi connectivity index (χ3n) is 4.93. The number of aliphatic imine (C=N–C) groups is 1. The van der Waals surface area contributed by atoms with Gasteiger partial charge in [-0.15, -0.1) is 10.1 Å². The van der Waals surface area contributed by atoms with Gasteiger partial charge in [0.15, 0.2) is 0 Å². The first-order valence-electron chi connectivity index (χ1n) is 8.95. The van der Waals surface area contributed by atoms with E-state index < -0.39 is 6.04 Å². The average molecular weight is 403 g/mol. The lowest BCUT2D eigenvalue weighted by atomic mass is 10.1. The number of fused-ring (bicyclic) bond motifs is 2. The van der Waals surface area contributed by atoms with Crippen LogP contribution in [0.3, 0.4) is 0 Å². The van der Waals surface area contributed by atoms with Crippen LogP contribution < -0.4 is 5.32 Å². The Hall–Kier alpha value is -2.94. The monoisotopic (exact) mass is 402 g/mol. The minimum Gasteiger partial charge on any atom is -0.382 e. The molecule has 3 amide bonds. The number of likely N-dealkylation sites (N-methyl/N-ethyl adjacent to an activating group) is 2. The molecule has 28 heavy (non-hydrogen) atoms. The van der Waals surface area contributed by atoms with Gasteiger partial charge in [0, 0.05) is 31.4 Å². The number of carbonyl (C=O) groups is 2. The van der Waals surface area contributed by atoms with Crippen molar-refractivity contribution in [2.75, 3.05) is 39.0 Å². The molecule has 1 aromatic carbocycles. The SMILES string of the molecule is CC1=NN(CCNc2ccc(Cl)cc2)C2=[N+](C1)C1C(=O)N(C)C(=O)N(C)C1=N2. The molecule has 9 nitrogen and oxygen atoms in total. The van der Waals surface area contributed by atoms with Crippen molar-refractivity contribution in [3.8, 4) is 0 Å². The Morgan fingerprint density at radius 2 is 1.93 bits per heavy atom. The maximum Gasteiger partial charge on any atom is 0.416 e. The van der Waals surface area contributed by atoms with Crippen LogP contribution in [0.25, 0.3) is 0 Å². The molecule has 3 aliphatic rings. The zero-order chi connectivity index (χ0) is 20.0. The summed E-state index contributed by atoms with van der Waals surface area (Å²) in [5, 5.41) is 10.4. The van der Waals surface area contributed by atoms with Crippen molar-refractivity contribution in [2.24, 2.45) is 10.1 Å². The van der Waals surface area contributed by atoms with Gasteiger partial charge in [-0.25, -0.2) is 9.37 Å². The van der Waals surface area contributed by atoms with Gasteiger partial charge in [0.25, 0.3) is 5.91 Å². The van der Waals surface area contributed by atoms with Crippen LogP contribution in [-0.4, -0.2) is 88.6 Å². The first-order chi connectivity index (χ1) is 13.4. The van der Waals surface area contributed by atoms with Gasteiger partial charge < -0.3 is 5.32 Å². The van der Waals surface area contributed by atoms with Crippen molar-refractivity contribution < 1.29 is 14.2 Å². The Labute approximate surface area is 167 Å². The maximum absolute atomic E-state index is 12.7. The number of hydrogen-bond donors (Lipinski definition) is 1. The Morgan fingerprint density at radius 1 is 1.21 bits per heavy atom. The van der Waals surface area contributed by atoms with Crippen LogP contribution in [0.5, 0.6) is 0 Å². The number of hydrazone groups is 1. The number of halogens is 1. The number of nitrogens with one attached hydrogen (secondary N) is 1. The molecule has 1 N–H and O–H groups in total. The maximum atomic E-state index is 12.7. The molecule has 0 saturated carbocycles. The number of urea groups is 1. The standard InChI is InChI=1S/C18H21ClN7O2/c1-11-10-25-14-15(23(2)18(28)24(3)16(14)27)21-17(25)26(22-11)9-8-20-13-6-4-12(19)5-7-13/h4-7,14,20H,8-10H2,1-3H3/q+1. The zero-order valence-electron chi connectivity index (χ0n) is 15.9. The molecule has 0 aliphatic carbocycles. The van der Waals surface area contributed by atoms with Gasteiger partial charge >= 0.3 is 12.0 Å². The molecular weight excluding hydrogens is 382 g/mol. The molecule has 0 spiro atoms. The number of amidine groups is 1. The van der Waals surface area contributed by atoms with Crippen LogP contribution in [-0.2, 0) is 4.79 Å². The number of benzene rings is 1. The molecule has 1 unspecified atom stereocenters. The molecule has 0 aromatic heterocycles. The van der Waals surface area contributed by atoms with E-state index in [2.05, 4.69) is 15.4 Å². The largest absolute Gasteiger partial charge is 0.416 e. The van der Waals surface area contributed by atoms with Crippen LogP contribution in [0.1, 0.15) is 6.92 Å². The summed E-state index contributed by atoms with van der Waals surface area (Å²) in [6.45, 7) is 3.58. The topological polar surface area (TPSA) is 83.6 Å². The van der Waals surface area contributed by atoms with Crippen LogP contribution in [0, 0.1) is 0 Å². The quantitative estimate of drug-likeness (QED) is 0.765. The summed E-state index contributed by atoms with van der Waals surface area (Å²) in [4.78, 5) is 32.1. The van der Waals surface area contributed by atoms with E-state index in [-0.39, 0.29) is 11.9 Å². The normalized spacial score (nSPS) is 21.6. The van der Waals surface area contributed by atoms with Crippen molar-refractivity contribution in [2.45, 2.75) is 13.0 Å². The fourth-order valence-corrected chi connectivity index (χ4v) is 3.63. The van der Waals surface area contributed by atoms with E-state index in [0.29, 0.717) is 36.5 Å². The number of guanidine groups is 1. The second-order valence-corrected chi connectivity index (χ2v) is 7.37. The smallest absolute Gasteiger partial charge is 0.382 e. The Kier molecular flexibility index (Phi) is 4.54. The summed E-state index contributed by atoms with van der Waals surface area (Å²) in [7, 11) is 3.13. The van der Waals surface area contributed by atoms with Gasteiger partial charge in [0.05, 0.1) is 5.71 Å². The summed E-state index contributed by atoms with van der Waals surface area (Å²) in [5.74, 6) is 0.765. The predicted octanol–water partition coefficient (Wildman–Crippen LogP) is 1.12. The van der Waals surface area contributed by atoms with E-state index in [9.17, 15) is 9.59 Å². The molecule has 3 aliphatic heterocycles. The molecule has 4 rings (SSSR count). The molecule has 0 bridgehead atoms. The Bertz CT molecular complexity index is 938. The summed E-state index contributed by atoms with van der Waals surface area (Å²) >= 11 is 5.91. The van der Waals surface area contributed by atoms with E-state index in [1.165, 1.54) is 11.9 Å². The summed E-state index contributed by atoms with van der Waals surface area (Å²) in [6.07, 6.45) is 0. The van der Waals surface area contributed by atoms with Gasteiger partial charge in [-0.1, -0.05) is 16.6 Å². The molecule has 1 saturated heterocycles. The van der Waals surface area contributed by atoms with Gasteiger partial charge in [-0.05, 0) is 31.2 Å². The van der Waals surface area contributed by atoms with Gasteiger partial charge in [-0.2, -0.15) is 0 Å². The number of anilines is 1.